The number of likely N-dealkylation sites (tertiary alicyclic amines) is 1. The largest absolute Gasteiger partial charge is 0.416 e. The van der Waals surface area contributed by atoms with Crippen molar-refractivity contribution < 1.29 is 18.0 Å². The first kappa shape index (κ1) is 21.9. The minimum absolute atomic E-state index is 0.0493. The van der Waals surface area contributed by atoms with Crippen LogP contribution in [0.4, 0.5) is 18.9 Å². The number of aryl methyl sites for hydroxylation is 1. The number of nitrogens with zero attached hydrogens (tertiary/aromatic N) is 4. The number of amides is 1. The van der Waals surface area contributed by atoms with Crippen molar-refractivity contribution in [1.29, 1.82) is 0 Å². The Bertz CT molecular complexity index is 1040. The van der Waals surface area contributed by atoms with Crippen molar-refractivity contribution in [2.75, 3.05) is 25.0 Å². The third-order valence-corrected chi connectivity index (χ3v) is 6.11. The third kappa shape index (κ3) is 4.79. The van der Waals surface area contributed by atoms with Gasteiger partial charge in [-0.2, -0.15) is 18.3 Å². The highest BCUT2D eigenvalue weighted by molar-refractivity contribution is 6.33. The van der Waals surface area contributed by atoms with Crippen LogP contribution in [-0.4, -0.2) is 44.8 Å². The van der Waals surface area contributed by atoms with Crippen LogP contribution in [-0.2, 0) is 18.0 Å². The van der Waals surface area contributed by atoms with Crippen LogP contribution in [0.3, 0.4) is 0 Å². The number of nitrogens with one attached hydrogen (secondary N) is 1. The van der Waals surface area contributed by atoms with Gasteiger partial charge in [-0.05, 0) is 57.0 Å². The van der Waals surface area contributed by atoms with E-state index in [1.54, 1.807) is 7.05 Å². The molecule has 1 aromatic carbocycles. The van der Waals surface area contributed by atoms with Gasteiger partial charge in [0, 0.05) is 19.0 Å². The molecule has 1 saturated heterocycles. The molecular formula is C20H23ClF3N5O2. The molecule has 7 nitrogen and oxygen atoms in total. The summed E-state index contributed by atoms with van der Waals surface area (Å²) in [6.07, 6.45) is -1.02. The predicted octanol–water partition coefficient (Wildman–Crippen LogP) is 3.41. The molecule has 2 fully saturated rings. The minimum Gasteiger partial charge on any atom is -0.324 e. The minimum atomic E-state index is -4.52. The van der Waals surface area contributed by atoms with Crippen molar-refractivity contribution in [2.45, 2.75) is 43.8 Å². The SMILES string of the molecule is Cn1nc(C2CCN(CC(=O)Nc3cc(C(F)(F)F)ccc3Cl)CC2)n(C2CC2)c1=O. The third-order valence-electron chi connectivity index (χ3n) is 5.78. The van der Waals surface area contributed by atoms with E-state index >= 15 is 0 Å². The molecule has 168 valence electrons. The first-order chi connectivity index (χ1) is 14.6. The number of hydrogen-bond donors (Lipinski definition) is 1. The zero-order chi connectivity index (χ0) is 22.3. The van der Waals surface area contributed by atoms with Crippen molar-refractivity contribution >= 4 is 23.2 Å². The Hall–Kier alpha value is -2.33. The van der Waals surface area contributed by atoms with Crippen LogP contribution in [0.2, 0.25) is 5.02 Å². The molecule has 1 amide bonds. The Labute approximate surface area is 181 Å². The number of rotatable bonds is 5. The van der Waals surface area contributed by atoms with E-state index in [4.69, 9.17) is 11.6 Å². The number of hydrogen-bond acceptors (Lipinski definition) is 4. The van der Waals surface area contributed by atoms with Gasteiger partial charge in [0.1, 0.15) is 5.82 Å². The maximum Gasteiger partial charge on any atom is 0.416 e. The smallest absolute Gasteiger partial charge is 0.324 e. The summed E-state index contributed by atoms with van der Waals surface area (Å²) in [7, 11) is 1.66. The van der Waals surface area contributed by atoms with Gasteiger partial charge in [0.05, 0.1) is 22.8 Å². The maximum absolute atomic E-state index is 12.9. The van der Waals surface area contributed by atoms with Gasteiger partial charge >= 0.3 is 11.9 Å². The van der Waals surface area contributed by atoms with E-state index in [-0.39, 0.29) is 34.9 Å². The topological polar surface area (TPSA) is 72.2 Å². The van der Waals surface area contributed by atoms with E-state index in [1.807, 2.05) is 9.47 Å². The zero-order valence-electron chi connectivity index (χ0n) is 17.0. The fraction of sp³-hybridized carbons (Fsp3) is 0.550. The van der Waals surface area contributed by atoms with E-state index in [9.17, 15) is 22.8 Å². The van der Waals surface area contributed by atoms with Gasteiger partial charge < -0.3 is 5.32 Å². The molecule has 1 aliphatic carbocycles. The van der Waals surface area contributed by atoms with Crippen molar-refractivity contribution in [1.82, 2.24) is 19.2 Å². The molecule has 11 heteroatoms. The molecule has 4 rings (SSSR count). The van der Waals surface area contributed by atoms with E-state index < -0.39 is 17.6 Å². The number of benzene rings is 1. The second-order valence-corrected chi connectivity index (χ2v) is 8.56. The van der Waals surface area contributed by atoms with Crippen LogP contribution in [0.5, 0.6) is 0 Å². The molecule has 1 aliphatic heterocycles. The summed E-state index contributed by atoms with van der Waals surface area (Å²) in [6.45, 7) is 1.31. The summed E-state index contributed by atoms with van der Waals surface area (Å²) in [6, 6.07) is 3.08. The molecule has 0 radical (unpaired) electrons. The van der Waals surface area contributed by atoms with Crippen LogP contribution in [0.25, 0.3) is 0 Å². The van der Waals surface area contributed by atoms with Crippen molar-refractivity contribution in [3.05, 3.63) is 45.1 Å². The molecule has 0 unspecified atom stereocenters. The van der Waals surface area contributed by atoms with Crippen LogP contribution >= 0.6 is 11.6 Å². The van der Waals surface area contributed by atoms with Gasteiger partial charge in [0.2, 0.25) is 5.91 Å². The van der Waals surface area contributed by atoms with Crippen molar-refractivity contribution in [3.63, 3.8) is 0 Å². The maximum atomic E-state index is 12.9. The number of carbonyl (C=O) groups is 1. The number of halogens is 4. The van der Waals surface area contributed by atoms with E-state index in [0.29, 0.717) is 13.1 Å². The number of piperidine rings is 1. The lowest BCUT2D eigenvalue weighted by Gasteiger charge is -2.31. The second-order valence-electron chi connectivity index (χ2n) is 8.16. The highest BCUT2D eigenvalue weighted by Gasteiger charge is 2.34. The quantitative estimate of drug-likeness (QED) is 0.747. The Morgan fingerprint density at radius 2 is 1.90 bits per heavy atom. The highest BCUT2D eigenvalue weighted by Crippen LogP contribution is 2.37. The van der Waals surface area contributed by atoms with Gasteiger partial charge in [-0.3, -0.25) is 14.3 Å². The fourth-order valence-electron chi connectivity index (χ4n) is 3.99. The van der Waals surface area contributed by atoms with E-state index in [0.717, 1.165) is 49.7 Å². The van der Waals surface area contributed by atoms with Gasteiger partial charge in [-0.15, -0.1) is 0 Å². The fourth-order valence-corrected chi connectivity index (χ4v) is 4.16. The van der Waals surface area contributed by atoms with E-state index in [1.165, 1.54) is 4.68 Å². The molecule has 2 heterocycles. The van der Waals surface area contributed by atoms with Gasteiger partial charge in [0.25, 0.3) is 0 Å². The molecule has 1 N–H and O–H groups in total. The predicted molar refractivity (Wildman–Crippen MR) is 109 cm³/mol. The van der Waals surface area contributed by atoms with Crippen molar-refractivity contribution in [3.8, 4) is 0 Å². The molecule has 31 heavy (non-hydrogen) atoms. The van der Waals surface area contributed by atoms with Crippen LogP contribution in [0.1, 0.15) is 49.0 Å². The number of carbonyl (C=O) groups excluding carboxylic acids is 1. The summed E-state index contributed by atoms with van der Waals surface area (Å²) in [5.74, 6) is 0.536. The van der Waals surface area contributed by atoms with Crippen LogP contribution in [0.15, 0.2) is 23.0 Å². The lowest BCUT2D eigenvalue weighted by Crippen LogP contribution is -2.39. The highest BCUT2D eigenvalue weighted by atomic mass is 35.5. The van der Waals surface area contributed by atoms with Gasteiger partial charge in [0.15, 0.2) is 0 Å². The summed E-state index contributed by atoms with van der Waals surface area (Å²) in [5.41, 5.74) is -1.01. The molecular weight excluding hydrogens is 435 g/mol. The summed E-state index contributed by atoms with van der Waals surface area (Å²) >= 11 is 5.95. The van der Waals surface area contributed by atoms with E-state index in [2.05, 4.69) is 10.4 Å². The normalized spacial score (nSPS) is 18.4. The summed E-state index contributed by atoms with van der Waals surface area (Å²) in [4.78, 5) is 26.7. The average molecular weight is 458 g/mol. The van der Waals surface area contributed by atoms with Gasteiger partial charge in [-0.25, -0.2) is 9.48 Å². The lowest BCUT2D eigenvalue weighted by molar-refractivity contribution is -0.137. The molecule has 1 aromatic heterocycles. The molecule has 0 spiro atoms. The molecule has 1 saturated carbocycles. The number of alkyl halides is 3. The monoisotopic (exact) mass is 457 g/mol. The first-order valence-electron chi connectivity index (χ1n) is 10.2. The first-order valence-corrected chi connectivity index (χ1v) is 10.6. The Morgan fingerprint density at radius 1 is 1.23 bits per heavy atom. The lowest BCUT2D eigenvalue weighted by atomic mass is 9.96. The number of anilines is 1. The Kier molecular flexibility index (Phi) is 5.87. The zero-order valence-corrected chi connectivity index (χ0v) is 17.7. The summed E-state index contributed by atoms with van der Waals surface area (Å²) < 4.78 is 41.9. The molecule has 0 bridgehead atoms. The van der Waals surface area contributed by atoms with Crippen LogP contribution in [0, 0.1) is 0 Å². The Morgan fingerprint density at radius 3 is 2.52 bits per heavy atom. The van der Waals surface area contributed by atoms with Crippen molar-refractivity contribution in [2.24, 2.45) is 7.05 Å². The van der Waals surface area contributed by atoms with Crippen LogP contribution < -0.4 is 11.0 Å². The molecule has 0 atom stereocenters. The number of aromatic nitrogens is 3. The standard InChI is InChI=1S/C20H23ClF3N5O2/c1-27-19(31)29(14-3-4-14)18(26-27)12-6-8-28(9-7-12)11-17(30)25-16-10-13(20(22,23)24)2-5-15(16)21/h2,5,10,12,14H,3-4,6-9,11H2,1H3,(H,25,30). The Balaban J connectivity index is 1.35. The molecule has 2 aliphatic rings. The second kappa shape index (κ2) is 8.31. The van der Waals surface area contributed by atoms with Gasteiger partial charge in [-0.1, -0.05) is 11.6 Å². The molecule has 2 aromatic rings. The summed E-state index contributed by atoms with van der Waals surface area (Å²) in [5, 5.41) is 6.97. The average Bonchev–Trinajstić information content (AvgIpc) is 3.49.